The number of nitrogens with one attached hydrogen (secondary N) is 1. The van der Waals surface area contributed by atoms with Crippen molar-refractivity contribution in [2.75, 3.05) is 24.2 Å². The number of piperazine rings is 1. The van der Waals surface area contributed by atoms with Crippen molar-refractivity contribution in [1.82, 2.24) is 19.9 Å². The SMILES string of the molecule is CS(=O)(=O)c1ccc(C(=O)N2C3CCC2CN(c2ncnc4[nH]ccc24)C3)cc1. The summed E-state index contributed by atoms with van der Waals surface area (Å²) in [5.74, 6) is 0.865. The third-order valence-electron chi connectivity index (χ3n) is 5.88. The van der Waals surface area contributed by atoms with Crippen LogP contribution in [0.1, 0.15) is 23.2 Å². The van der Waals surface area contributed by atoms with E-state index in [1.54, 1.807) is 18.5 Å². The molecular formula is C20H21N5O3S. The average Bonchev–Trinajstić information content (AvgIpc) is 3.28. The second-order valence-corrected chi connectivity index (χ2v) is 9.75. The molecule has 2 aliphatic heterocycles. The molecule has 9 heteroatoms. The van der Waals surface area contributed by atoms with Crippen LogP contribution in [-0.2, 0) is 9.84 Å². The van der Waals surface area contributed by atoms with Gasteiger partial charge in [0.25, 0.3) is 5.91 Å². The molecule has 0 saturated carbocycles. The van der Waals surface area contributed by atoms with Crippen LogP contribution in [-0.4, -0.2) is 65.6 Å². The second-order valence-electron chi connectivity index (χ2n) is 7.74. The molecule has 2 saturated heterocycles. The van der Waals surface area contributed by atoms with E-state index in [1.807, 2.05) is 17.2 Å². The molecule has 2 aliphatic rings. The molecular weight excluding hydrogens is 390 g/mol. The van der Waals surface area contributed by atoms with Gasteiger partial charge in [0.05, 0.1) is 22.4 Å². The lowest BCUT2D eigenvalue weighted by atomic mass is 10.1. The number of fused-ring (bicyclic) bond motifs is 3. The van der Waals surface area contributed by atoms with Gasteiger partial charge in [0.15, 0.2) is 9.84 Å². The van der Waals surface area contributed by atoms with Crippen molar-refractivity contribution in [2.24, 2.45) is 0 Å². The van der Waals surface area contributed by atoms with Crippen molar-refractivity contribution in [3.8, 4) is 0 Å². The second kappa shape index (κ2) is 6.55. The van der Waals surface area contributed by atoms with Crippen LogP contribution < -0.4 is 4.90 Å². The molecule has 2 unspecified atom stereocenters. The zero-order chi connectivity index (χ0) is 20.2. The van der Waals surface area contributed by atoms with E-state index in [-0.39, 0.29) is 22.9 Å². The number of aromatic nitrogens is 3. The quantitative estimate of drug-likeness (QED) is 0.706. The topological polar surface area (TPSA) is 99.3 Å². The van der Waals surface area contributed by atoms with E-state index in [0.29, 0.717) is 5.56 Å². The third-order valence-corrected chi connectivity index (χ3v) is 7.01. The number of sulfone groups is 1. The standard InChI is InChI=1S/C20H21N5O3S/c1-29(27,28)16-6-2-13(3-7-16)20(26)25-14-4-5-15(25)11-24(10-14)19-17-8-9-21-18(17)22-12-23-19/h2-3,6-9,12,14-15H,4-5,10-11H2,1H3,(H,21,22,23). The number of carbonyl (C=O) groups excluding carboxylic acids is 1. The number of carbonyl (C=O) groups is 1. The molecule has 2 bridgehead atoms. The Morgan fingerprint density at radius 2 is 1.76 bits per heavy atom. The first kappa shape index (κ1) is 18.1. The minimum absolute atomic E-state index is 0.0355. The van der Waals surface area contributed by atoms with E-state index in [9.17, 15) is 13.2 Å². The molecule has 5 rings (SSSR count). The van der Waals surface area contributed by atoms with Crippen LogP contribution in [0.4, 0.5) is 5.82 Å². The van der Waals surface area contributed by atoms with Crippen LogP contribution in [0.25, 0.3) is 11.0 Å². The van der Waals surface area contributed by atoms with Gasteiger partial charge < -0.3 is 14.8 Å². The highest BCUT2D eigenvalue weighted by atomic mass is 32.2. The summed E-state index contributed by atoms with van der Waals surface area (Å²) in [5, 5.41) is 0.989. The number of anilines is 1. The van der Waals surface area contributed by atoms with Crippen LogP contribution in [0, 0.1) is 0 Å². The van der Waals surface area contributed by atoms with Crippen LogP contribution in [0.15, 0.2) is 47.8 Å². The first-order valence-corrected chi connectivity index (χ1v) is 11.5. The van der Waals surface area contributed by atoms with E-state index in [0.717, 1.165) is 49.0 Å². The fourth-order valence-electron chi connectivity index (χ4n) is 4.51. The van der Waals surface area contributed by atoms with Crippen molar-refractivity contribution in [3.63, 3.8) is 0 Å². The number of amides is 1. The fraction of sp³-hybridized carbons (Fsp3) is 0.350. The Hall–Kier alpha value is -2.94. The van der Waals surface area contributed by atoms with Gasteiger partial charge in [-0.25, -0.2) is 18.4 Å². The van der Waals surface area contributed by atoms with Crippen molar-refractivity contribution in [3.05, 3.63) is 48.4 Å². The molecule has 150 valence electrons. The maximum absolute atomic E-state index is 13.2. The van der Waals surface area contributed by atoms with Crippen molar-refractivity contribution < 1.29 is 13.2 Å². The van der Waals surface area contributed by atoms with Crippen LogP contribution >= 0.6 is 0 Å². The number of aromatic amines is 1. The molecule has 1 N–H and O–H groups in total. The Bertz CT molecular complexity index is 1170. The first-order valence-electron chi connectivity index (χ1n) is 9.57. The van der Waals surface area contributed by atoms with E-state index < -0.39 is 9.84 Å². The molecule has 2 aromatic heterocycles. The Balaban J connectivity index is 1.39. The van der Waals surface area contributed by atoms with E-state index in [2.05, 4.69) is 19.9 Å². The zero-order valence-corrected chi connectivity index (χ0v) is 16.8. The monoisotopic (exact) mass is 411 g/mol. The summed E-state index contributed by atoms with van der Waals surface area (Å²) in [5.41, 5.74) is 1.34. The van der Waals surface area contributed by atoms with E-state index >= 15 is 0 Å². The summed E-state index contributed by atoms with van der Waals surface area (Å²) in [6.07, 6.45) is 6.50. The molecule has 2 fully saturated rings. The molecule has 8 nitrogen and oxygen atoms in total. The lowest BCUT2D eigenvalue weighted by Crippen LogP contribution is -2.56. The maximum atomic E-state index is 13.2. The van der Waals surface area contributed by atoms with Gasteiger partial charge in [0, 0.05) is 31.1 Å². The van der Waals surface area contributed by atoms with Gasteiger partial charge in [-0.15, -0.1) is 0 Å². The highest BCUT2D eigenvalue weighted by Gasteiger charge is 2.43. The number of benzene rings is 1. The first-order chi connectivity index (χ1) is 13.9. The Morgan fingerprint density at radius 1 is 1.07 bits per heavy atom. The molecule has 1 amide bonds. The number of nitrogens with zero attached hydrogens (tertiary/aromatic N) is 4. The van der Waals surface area contributed by atoms with Gasteiger partial charge in [0.1, 0.15) is 17.8 Å². The third kappa shape index (κ3) is 3.05. The molecule has 29 heavy (non-hydrogen) atoms. The Kier molecular flexibility index (Phi) is 4.09. The summed E-state index contributed by atoms with van der Waals surface area (Å²) in [4.78, 5) is 29.5. The summed E-state index contributed by atoms with van der Waals surface area (Å²) >= 11 is 0. The maximum Gasteiger partial charge on any atom is 0.254 e. The van der Waals surface area contributed by atoms with E-state index in [1.165, 1.54) is 12.1 Å². The Labute approximate surface area is 168 Å². The van der Waals surface area contributed by atoms with E-state index in [4.69, 9.17) is 0 Å². The smallest absolute Gasteiger partial charge is 0.254 e. The number of H-pyrrole nitrogens is 1. The van der Waals surface area contributed by atoms with Gasteiger partial charge in [-0.2, -0.15) is 0 Å². The van der Waals surface area contributed by atoms with Gasteiger partial charge in [-0.1, -0.05) is 0 Å². The van der Waals surface area contributed by atoms with Crippen molar-refractivity contribution in [1.29, 1.82) is 0 Å². The summed E-state index contributed by atoms with van der Waals surface area (Å²) in [6.45, 7) is 1.45. The predicted molar refractivity (Wildman–Crippen MR) is 109 cm³/mol. The number of hydrogen-bond donors (Lipinski definition) is 1. The van der Waals surface area contributed by atoms with Crippen LogP contribution in [0.2, 0.25) is 0 Å². The van der Waals surface area contributed by atoms with Gasteiger partial charge in [-0.05, 0) is 43.2 Å². The van der Waals surface area contributed by atoms with Gasteiger partial charge in [-0.3, -0.25) is 4.79 Å². The summed E-state index contributed by atoms with van der Waals surface area (Å²) < 4.78 is 23.3. The minimum Gasteiger partial charge on any atom is -0.352 e. The average molecular weight is 411 g/mol. The largest absolute Gasteiger partial charge is 0.352 e. The molecule has 3 aromatic rings. The van der Waals surface area contributed by atoms with Crippen molar-refractivity contribution in [2.45, 2.75) is 29.8 Å². The molecule has 2 atom stereocenters. The highest BCUT2D eigenvalue weighted by molar-refractivity contribution is 7.90. The molecule has 4 heterocycles. The molecule has 0 spiro atoms. The predicted octanol–water partition coefficient (Wildman–Crippen LogP) is 1.85. The molecule has 1 aromatic carbocycles. The summed E-state index contributed by atoms with van der Waals surface area (Å²) in [6, 6.07) is 8.43. The Morgan fingerprint density at radius 3 is 2.41 bits per heavy atom. The van der Waals surface area contributed by atoms with Gasteiger partial charge in [0.2, 0.25) is 0 Å². The zero-order valence-electron chi connectivity index (χ0n) is 15.9. The molecule has 0 aliphatic carbocycles. The van der Waals surface area contributed by atoms with Gasteiger partial charge >= 0.3 is 0 Å². The summed E-state index contributed by atoms with van der Waals surface area (Å²) in [7, 11) is -3.28. The normalized spacial score (nSPS) is 21.7. The highest BCUT2D eigenvalue weighted by Crippen LogP contribution is 2.35. The van der Waals surface area contributed by atoms with Crippen LogP contribution in [0.5, 0.6) is 0 Å². The minimum atomic E-state index is -3.28. The fourth-order valence-corrected chi connectivity index (χ4v) is 5.14. The number of rotatable bonds is 3. The molecule has 0 radical (unpaired) electrons. The lowest BCUT2D eigenvalue weighted by molar-refractivity contribution is 0.0641. The number of hydrogen-bond acceptors (Lipinski definition) is 6. The lowest BCUT2D eigenvalue weighted by Gasteiger charge is -2.41. The van der Waals surface area contributed by atoms with Crippen molar-refractivity contribution >= 4 is 32.6 Å². The van der Waals surface area contributed by atoms with Crippen LogP contribution in [0.3, 0.4) is 0 Å².